The number of carbonyl (C=O) groups is 2. The third kappa shape index (κ3) is 3.33. The Morgan fingerprint density at radius 1 is 1.53 bits per heavy atom. The molecule has 2 rings (SSSR count). The minimum Gasteiger partial charge on any atom is -0.353 e. The fourth-order valence-corrected chi connectivity index (χ4v) is 2.52. The topological polar surface area (TPSA) is 49.4 Å². The van der Waals surface area contributed by atoms with Crippen molar-refractivity contribution in [2.24, 2.45) is 0 Å². The fraction of sp³-hybridized carbons (Fsp3) is 0.429. The number of amides is 1. The Balaban J connectivity index is 2.07. The first-order chi connectivity index (χ1) is 9.11. The van der Waals surface area contributed by atoms with E-state index in [1.165, 1.54) is 0 Å². The molecule has 1 unspecified atom stereocenters. The highest BCUT2D eigenvalue weighted by Gasteiger charge is 2.29. The Morgan fingerprint density at radius 2 is 2.32 bits per heavy atom. The zero-order valence-corrected chi connectivity index (χ0v) is 11.6. The van der Waals surface area contributed by atoms with Crippen LogP contribution in [0.5, 0.6) is 0 Å². The number of carbonyl (C=O) groups excluding carboxylic acids is 2. The van der Waals surface area contributed by atoms with Gasteiger partial charge in [0, 0.05) is 23.7 Å². The van der Waals surface area contributed by atoms with Gasteiger partial charge in [0.1, 0.15) is 0 Å². The number of nitrogens with zero attached hydrogens (tertiary/aromatic N) is 1. The number of halogens is 1. The molecule has 5 heteroatoms. The molecule has 102 valence electrons. The second-order valence-corrected chi connectivity index (χ2v) is 5.06. The lowest BCUT2D eigenvalue weighted by atomic mass is 10.1. The molecule has 0 radical (unpaired) electrons. The van der Waals surface area contributed by atoms with Gasteiger partial charge in [-0.25, -0.2) is 0 Å². The van der Waals surface area contributed by atoms with E-state index < -0.39 is 0 Å². The summed E-state index contributed by atoms with van der Waals surface area (Å²) in [5, 5.41) is 3.37. The first kappa shape index (κ1) is 14.0. The van der Waals surface area contributed by atoms with Gasteiger partial charge in [-0.15, -0.1) is 0 Å². The number of ketones is 1. The van der Waals surface area contributed by atoms with Gasteiger partial charge in [0.25, 0.3) is 0 Å². The Morgan fingerprint density at radius 3 is 3.00 bits per heavy atom. The average molecular weight is 281 g/mol. The van der Waals surface area contributed by atoms with Crippen LogP contribution in [0.25, 0.3) is 0 Å². The summed E-state index contributed by atoms with van der Waals surface area (Å²) in [6, 6.07) is 6.70. The van der Waals surface area contributed by atoms with Gasteiger partial charge >= 0.3 is 0 Å². The van der Waals surface area contributed by atoms with Crippen LogP contribution >= 0.6 is 11.6 Å². The number of rotatable bonds is 4. The molecule has 4 nitrogen and oxygen atoms in total. The molecule has 0 aromatic heterocycles. The van der Waals surface area contributed by atoms with Gasteiger partial charge in [-0.1, -0.05) is 30.7 Å². The van der Waals surface area contributed by atoms with Crippen molar-refractivity contribution in [3.05, 3.63) is 34.9 Å². The summed E-state index contributed by atoms with van der Waals surface area (Å²) in [6.07, 6.45) is 0.703. The number of piperazine rings is 1. The molecule has 1 amide bonds. The second kappa shape index (κ2) is 6.17. The predicted octanol–water partition coefficient (Wildman–Crippen LogP) is 1.73. The number of Topliss-reactive ketones (excluding diaryl/α,β-unsaturated/α-hetero) is 1. The maximum absolute atomic E-state index is 12.2. The maximum Gasteiger partial charge on any atom is 0.237 e. The summed E-state index contributed by atoms with van der Waals surface area (Å²) in [7, 11) is 0. The summed E-state index contributed by atoms with van der Waals surface area (Å²) in [6.45, 7) is 3.51. The van der Waals surface area contributed by atoms with Gasteiger partial charge in [-0.05, 0) is 18.6 Å². The van der Waals surface area contributed by atoms with Gasteiger partial charge in [0.05, 0.1) is 12.6 Å². The molecular weight excluding hydrogens is 264 g/mol. The van der Waals surface area contributed by atoms with Gasteiger partial charge in [0.2, 0.25) is 5.91 Å². The maximum atomic E-state index is 12.2. The molecule has 1 saturated heterocycles. The zero-order chi connectivity index (χ0) is 13.8. The third-order valence-corrected chi connectivity index (χ3v) is 3.56. The van der Waals surface area contributed by atoms with E-state index in [9.17, 15) is 9.59 Å². The molecule has 0 aliphatic carbocycles. The SMILES string of the molecule is CCC1C(=O)NCCN1CC(=O)c1cccc(Cl)c1. The van der Waals surface area contributed by atoms with Crippen molar-refractivity contribution in [1.29, 1.82) is 0 Å². The quantitative estimate of drug-likeness (QED) is 0.855. The molecule has 0 saturated carbocycles. The monoisotopic (exact) mass is 280 g/mol. The summed E-state index contributed by atoms with van der Waals surface area (Å²) in [5.74, 6) is 0.00305. The Labute approximate surface area is 117 Å². The van der Waals surface area contributed by atoms with Crippen molar-refractivity contribution < 1.29 is 9.59 Å². The third-order valence-electron chi connectivity index (χ3n) is 3.32. The van der Waals surface area contributed by atoms with Gasteiger partial charge < -0.3 is 5.32 Å². The second-order valence-electron chi connectivity index (χ2n) is 4.62. The smallest absolute Gasteiger partial charge is 0.237 e. The molecule has 1 aliphatic heterocycles. The molecule has 1 fully saturated rings. The summed E-state index contributed by atoms with van der Waals surface area (Å²) < 4.78 is 0. The van der Waals surface area contributed by atoms with Crippen molar-refractivity contribution in [3.63, 3.8) is 0 Å². The number of hydrogen-bond acceptors (Lipinski definition) is 3. The van der Waals surface area contributed by atoms with Gasteiger partial charge in [-0.2, -0.15) is 0 Å². The van der Waals surface area contributed by atoms with E-state index in [1.807, 2.05) is 11.8 Å². The minimum absolute atomic E-state index is 0.00403. The molecule has 1 aromatic carbocycles. The lowest BCUT2D eigenvalue weighted by Crippen LogP contribution is -2.56. The van der Waals surface area contributed by atoms with E-state index in [4.69, 9.17) is 11.6 Å². The van der Waals surface area contributed by atoms with Gasteiger partial charge in [0.15, 0.2) is 5.78 Å². The van der Waals surface area contributed by atoms with E-state index in [1.54, 1.807) is 24.3 Å². The molecule has 1 aliphatic rings. The molecule has 19 heavy (non-hydrogen) atoms. The highest BCUT2D eigenvalue weighted by Crippen LogP contribution is 2.14. The predicted molar refractivity (Wildman–Crippen MR) is 74.4 cm³/mol. The largest absolute Gasteiger partial charge is 0.353 e. The highest BCUT2D eigenvalue weighted by molar-refractivity contribution is 6.31. The van der Waals surface area contributed by atoms with Crippen molar-refractivity contribution >= 4 is 23.3 Å². The molecule has 1 N–H and O–H groups in total. The minimum atomic E-state index is -0.211. The average Bonchev–Trinajstić information content (AvgIpc) is 2.39. The van der Waals surface area contributed by atoms with Crippen molar-refractivity contribution in [1.82, 2.24) is 10.2 Å². The zero-order valence-electron chi connectivity index (χ0n) is 10.9. The highest BCUT2D eigenvalue weighted by atomic mass is 35.5. The lowest BCUT2D eigenvalue weighted by Gasteiger charge is -2.33. The number of hydrogen-bond donors (Lipinski definition) is 1. The Bertz CT molecular complexity index is 490. The molecule has 1 atom stereocenters. The van der Waals surface area contributed by atoms with Crippen LogP contribution in [0.15, 0.2) is 24.3 Å². The standard InChI is InChI=1S/C14H17ClN2O2/c1-2-12-14(19)16-6-7-17(12)9-13(18)10-4-3-5-11(15)8-10/h3-5,8,12H,2,6-7,9H2,1H3,(H,16,19). The van der Waals surface area contributed by atoms with Crippen LogP contribution < -0.4 is 5.32 Å². The van der Waals surface area contributed by atoms with Crippen LogP contribution in [0.3, 0.4) is 0 Å². The van der Waals surface area contributed by atoms with E-state index >= 15 is 0 Å². The van der Waals surface area contributed by atoms with Crippen molar-refractivity contribution in [3.8, 4) is 0 Å². The summed E-state index contributed by atoms with van der Waals surface area (Å²) >= 11 is 5.88. The van der Waals surface area contributed by atoms with Crippen LogP contribution in [0, 0.1) is 0 Å². The van der Waals surface area contributed by atoms with Crippen LogP contribution in [0.1, 0.15) is 23.7 Å². The van der Waals surface area contributed by atoms with Crippen molar-refractivity contribution in [2.45, 2.75) is 19.4 Å². The normalized spacial score (nSPS) is 20.1. The lowest BCUT2D eigenvalue weighted by molar-refractivity contribution is -0.128. The van der Waals surface area contributed by atoms with E-state index in [0.29, 0.717) is 30.1 Å². The van der Waals surface area contributed by atoms with Crippen LogP contribution in [-0.4, -0.2) is 42.3 Å². The van der Waals surface area contributed by atoms with Crippen LogP contribution in [0.2, 0.25) is 5.02 Å². The van der Waals surface area contributed by atoms with E-state index in [0.717, 1.165) is 0 Å². The molecule has 1 aromatic rings. The molecule has 0 bridgehead atoms. The fourth-order valence-electron chi connectivity index (χ4n) is 2.33. The molecule has 0 spiro atoms. The summed E-state index contributed by atoms with van der Waals surface area (Å²) in [4.78, 5) is 25.9. The molecule has 1 heterocycles. The number of nitrogens with one attached hydrogen (secondary N) is 1. The summed E-state index contributed by atoms with van der Waals surface area (Å²) in [5.41, 5.74) is 0.591. The van der Waals surface area contributed by atoms with E-state index in [-0.39, 0.29) is 24.3 Å². The van der Waals surface area contributed by atoms with Crippen LogP contribution in [-0.2, 0) is 4.79 Å². The Kier molecular flexibility index (Phi) is 4.56. The van der Waals surface area contributed by atoms with E-state index in [2.05, 4.69) is 5.32 Å². The number of benzene rings is 1. The first-order valence-electron chi connectivity index (χ1n) is 6.42. The Hall–Kier alpha value is -1.39. The van der Waals surface area contributed by atoms with Crippen molar-refractivity contribution in [2.75, 3.05) is 19.6 Å². The first-order valence-corrected chi connectivity index (χ1v) is 6.80. The molecular formula is C14H17ClN2O2. The van der Waals surface area contributed by atoms with Gasteiger partial charge in [-0.3, -0.25) is 14.5 Å². The van der Waals surface area contributed by atoms with Crippen LogP contribution in [0.4, 0.5) is 0 Å².